The van der Waals surface area contributed by atoms with E-state index in [9.17, 15) is 9.59 Å². The van der Waals surface area contributed by atoms with E-state index in [4.69, 9.17) is 0 Å². The van der Waals surface area contributed by atoms with E-state index >= 15 is 0 Å². The molecule has 0 aromatic carbocycles. The van der Waals surface area contributed by atoms with Crippen LogP contribution in [0.3, 0.4) is 0 Å². The standard InChI is InChI=1S/C8H12N2O2/c1-5-6(2)8(12)10(4)9(3)7(5)11/h1-4H3. The Hall–Kier alpha value is -1.32. The Kier molecular flexibility index (Phi) is 1.92. The van der Waals surface area contributed by atoms with Crippen molar-refractivity contribution < 1.29 is 0 Å². The minimum absolute atomic E-state index is 0.116. The lowest BCUT2D eigenvalue weighted by Gasteiger charge is -2.08. The Bertz CT molecular complexity index is 350. The summed E-state index contributed by atoms with van der Waals surface area (Å²) in [5.74, 6) is 0. The van der Waals surface area contributed by atoms with Crippen molar-refractivity contribution in [3.8, 4) is 0 Å². The summed E-state index contributed by atoms with van der Waals surface area (Å²) in [5.41, 5.74) is 0.824. The fraction of sp³-hybridized carbons (Fsp3) is 0.500. The Morgan fingerprint density at radius 3 is 1.33 bits per heavy atom. The molecule has 0 aliphatic carbocycles. The van der Waals surface area contributed by atoms with Gasteiger partial charge in [0.2, 0.25) is 0 Å². The SMILES string of the molecule is Cc1c(C)c(=O)n(C)n(C)c1=O. The van der Waals surface area contributed by atoms with Gasteiger partial charge in [0.1, 0.15) is 0 Å². The van der Waals surface area contributed by atoms with E-state index in [2.05, 4.69) is 0 Å². The third kappa shape index (κ3) is 0.995. The molecule has 1 aromatic rings. The van der Waals surface area contributed by atoms with Crippen LogP contribution in [0.2, 0.25) is 0 Å². The summed E-state index contributed by atoms with van der Waals surface area (Å²) in [4.78, 5) is 22.7. The van der Waals surface area contributed by atoms with Crippen LogP contribution >= 0.6 is 0 Å². The highest BCUT2D eigenvalue weighted by atomic mass is 16.2. The molecule has 0 saturated carbocycles. The first-order valence-electron chi connectivity index (χ1n) is 3.70. The third-order valence-electron chi connectivity index (χ3n) is 2.24. The van der Waals surface area contributed by atoms with Crippen LogP contribution in [-0.4, -0.2) is 9.36 Å². The van der Waals surface area contributed by atoms with Crippen LogP contribution in [0.25, 0.3) is 0 Å². The Labute approximate surface area is 70.0 Å². The molecule has 0 aliphatic heterocycles. The van der Waals surface area contributed by atoms with Gasteiger partial charge in [-0.05, 0) is 13.8 Å². The minimum atomic E-state index is -0.116. The van der Waals surface area contributed by atoms with Gasteiger partial charge in [-0.1, -0.05) is 0 Å². The Morgan fingerprint density at radius 2 is 1.08 bits per heavy atom. The smallest absolute Gasteiger partial charge is 0.268 e. The largest absolute Gasteiger partial charge is 0.268 e. The maximum absolute atomic E-state index is 11.4. The molecule has 0 amide bonds. The zero-order valence-corrected chi connectivity index (χ0v) is 7.71. The maximum Gasteiger partial charge on any atom is 0.268 e. The first kappa shape index (κ1) is 8.77. The summed E-state index contributed by atoms with van der Waals surface area (Å²) in [5, 5.41) is 0. The van der Waals surface area contributed by atoms with Crippen LogP contribution in [0.15, 0.2) is 9.59 Å². The summed E-state index contributed by atoms with van der Waals surface area (Å²) < 4.78 is 2.62. The molecule has 0 aliphatic rings. The molecule has 0 N–H and O–H groups in total. The van der Waals surface area contributed by atoms with E-state index in [1.165, 1.54) is 9.36 Å². The van der Waals surface area contributed by atoms with Gasteiger partial charge in [-0.2, -0.15) is 0 Å². The molecule has 1 rings (SSSR count). The van der Waals surface area contributed by atoms with Crippen LogP contribution in [0.4, 0.5) is 0 Å². The molecular weight excluding hydrogens is 156 g/mol. The van der Waals surface area contributed by atoms with Gasteiger partial charge in [-0.25, -0.2) is 0 Å². The predicted molar refractivity (Wildman–Crippen MR) is 46.4 cm³/mol. The molecule has 0 unspecified atom stereocenters. The van der Waals surface area contributed by atoms with Crippen LogP contribution in [0.1, 0.15) is 11.1 Å². The monoisotopic (exact) mass is 168 g/mol. The van der Waals surface area contributed by atoms with Gasteiger partial charge >= 0.3 is 0 Å². The minimum Gasteiger partial charge on any atom is -0.268 e. The summed E-state index contributed by atoms with van der Waals surface area (Å²) in [6.45, 7) is 3.33. The van der Waals surface area contributed by atoms with Gasteiger partial charge in [0.05, 0.1) is 0 Å². The molecule has 0 fully saturated rings. The number of aromatic nitrogens is 2. The van der Waals surface area contributed by atoms with Crippen molar-refractivity contribution in [2.24, 2.45) is 14.1 Å². The second kappa shape index (κ2) is 2.62. The fourth-order valence-electron chi connectivity index (χ4n) is 1.08. The van der Waals surface area contributed by atoms with Crippen LogP contribution < -0.4 is 11.1 Å². The number of rotatable bonds is 0. The average molecular weight is 168 g/mol. The van der Waals surface area contributed by atoms with E-state index < -0.39 is 0 Å². The Balaban J connectivity index is 3.86. The lowest BCUT2D eigenvalue weighted by Crippen LogP contribution is -2.38. The molecule has 0 saturated heterocycles. The second-order valence-electron chi connectivity index (χ2n) is 2.91. The first-order valence-corrected chi connectivity index (χ1v) is 3.70. The molecule has 12 heavy (non-hydrogen) atoms. The molecule has 1 heterocycles. The van der Waals surface area contributed by atoms with Gasteiger partial charge in [-0.15, -0.1) is 0 Å². The van der Waals surface area contributed by atoms with Crippen molar-refractivity contribution in [3.05, 3.63) is 31.8 Å². The van der Waals surface area contributed by atoms with E-state index in [1.807, 2.05) is 0 Å². The van der Waals surface area contributed by atoms with Gasteiger partial charge in [0, 0.05) is 25.2 Å². The zero-order chi connectivity index (χ0) is 9.46. The lowest BCUT2D eigenvalue weighted by atomic mass is 10.2. The Morgan fingerprint density at radius 1 is 0.833 bits per heavy atom. The van der Waals surface area contributed by atoms with Crippen molar-refractivity contribution in [3.63, 3.8) is 0 Å². The summed E-state index contributed by atoms with van der Waals surface area (Å²) >= 11 is 0. The molecule has 1 aromatic heterocycles. The van der Waals surface area contributed by atoms with Crippen LogP contribution in [-0.2, 0) is 14.1 Å². The average Bonchev–Trinajstić information content (AvgIpc) is 2.08. The predicted octanol–water partition coefficient (Wildman–Crippen LogP) is -0.299. The third-order valence-corrected chi connectivity index (χ3v) is 2.24. The molecule has 0 bridgehead atoms. The van der Waals surface area contributed by atoms with Crippen LogP contribution in [0, 0.1) is 13.8 Å². The van der Waals surface area contributed by atoms with Crippen molar-refractivity contribution in [1.82, 2.24) is 9.36 Å². The van der Waals surface area contributed by atoms with E-state index in [0.717, 1.165) is 0 Å². The molecule has 4 nitrogen and oxygen atoms in total. The van der Waals surface area contributed by atoms with Crippen molar-refractivity contribution in [1.29, 1.82) is 0 Å². The quantitative estimate of drug-likeness (QED) is 0.534. The molecule has 4 heteroatoms. The summed E-state index contributed by atoms with van der Waals surface area (Å²) in [6.07, 6.45) is 0. The normalized spacial score (nSPS) is 10.3. The number of hydrogen-bond donors (Lipinski definition) is 0. The first-order chi connectivity index (χ1) is 5.46. The summed E-state index contributed by atoms with van der Waals surface area (Å²) in [6, 6.07) is 0. The number of nitrogens with zero attached hydrogens (tertiary/aromatic N) is 2. The highest BCUT2D eigenvalue weighted by Crippen LogP contribution is 1.90. The second-order valence-corrected chi connectivity index (χ2v) is 2.91. The van der Waals surface area contributed by atoms with Crippen molar-refractivity contribution >= 4 is 0 Å². The van der Waals surface area contributed by atoms with Crippen LogP contribution in [0.5, 0.6) is 0 Å². The highest BCUT2D eigenvalue weighted by Gasteiger charge is 2.06. The fourth-order valence-corrected chi connectivity index (χ4v) is 1.08. The van der Waals surface area contributed by atoms with Crippen molar-refractivity contribution in [2.45, 2.75) is 13.8 Å². The highest BCUT2D eigenvalue weighted by molar-refractivity contribution is 5.17. The molecule has 66 valence electrons. The zero-order valence-electron chi connectivity index (χ0n) is 7.71. The number of hydrogen-bond acceptors (Lipinski definition) is 2. The molecule has 0 spiro atoms. The van der Waals surface area contributed by atoms with E-state index in [0.29, 0.717) is 11.1 Å². The molecular formula is C8H12N2O2. The van der Waals surface area contributed by atoms with Gasteiger partial charge in [-0.3, -0.25) is 19.0 Å². The maximum atomic E-state index is 11.4. The molecule has 0 radical (unpaired) electrons. The van der Waals surface area contributed by atoms with Crippen molar-refractivity contribution in [2.75, 3.05) is 0 Å². The van der Waals surface area contributed by atoms with Gasteiger partial charge < -0.3 is 0 Å². The topological polar surface area (TPSA) is 44.0 Å². The van der Waals surface area contributed by atoms with Gasteiger partial charge in [0.25, 0.3) is 11.1 Å². The van der Waals surface area contributed by atoms with Gasteiger partial charge in [0.15, 0.2) is 0 Å². The van der Waals surface area contributed by atoms with E-state index in [-0.39, 0.29) is 11.1 Å². The van der Waals surface area contributed by atoms with E-state index in [1.54, 1.807) is 27.9 Å². The lowest BCUT2D eigenvalue weighted by molar-refractivity contribution is 0.526. The summed E-state index contributed by atoms with van der Waals surface area (Å²) in [7, 11) is 3.16. The molecule has 0 atom stereocenters.